The summed E-state index contributed by atoms with van der Waals surface area (Å²) in [7, 11) is 0.576. The minimum absolute atomic E-state index is 0.0350. The third-order valence-electron chi connectivity index (χ3n) is 5.37. The maximum Gasteiger partial charge on any atom is 0.237 e. The number of ether oxygens (including phenoxy) is 1. The molecule has 7 nitrogen and oxygen atoms in total. The van der Waals surface area contributed by atoms with Gasteiger partial charge in [-0.1, -0.05) is 0 Å². The van der Waals surface area contributed by atoms with E-state index < -0.39 is 9.84 Å². The van der Waals surface area contributed by atoms with Crippen molar-refractivity contribution >= 4 is 15.7 Å². The van der Waals surface area contributed by atoms with Crippen LogP contribution in [0.2, 0.25) is 0 Å². The van der Waals surface area contributed by atoms with E-state index in [2.05, 4.69) is 10.2 Å². The molecule has 0 aliphatic carbocycles. The third kappa shape index (κ3) is 6.51. The van der Waals surface area contributed by atoms with Crippen molar-refractivity contribution in [3.8, 4) is 0 Å². The Kier molecular flexibility index (Phi) is 8.12. The van der Waals surface area contributed by atoms with Gasteiger partial charge in [-0.3, -0.25) is 9.69 Å². The summed E-state index contributed by atoms with van der Waals surface area (Å²) in [6, 6.07) is -0.194. The summed E-state index contributed by atoms with van der Waals surface area (Å²) in [5.74, 6) is 1.05. The van der Waals surface area contributed by atoms with E-state index in [4.69, 9.17) is 4.74 Å². The lowest BCUT2D eigenvalue weighted by atomic mass is 9.93. The lowest BCUT2D eigenvalue weighted by Gasteiger charge is -2.34. The van der Waals surface area contributed by atoms with Crippen molar-refractivity contribution in [1.82, 2.24) is 15.1 Å². The zero-order valence-electron chi connectivity index (χ0n) is 15.6. The van der Waals surface area contributed by atoms with Crippen LogP contribution < -0.4 is 5.32 Å². The Labute approximate surface area is 152 Å². The maximum atomic E-state index is 12.8. The number of rotatable bonds is 9. The highest BCUT2D eigenvalue weighted by Gasteiger charge is 2.35. The normalized spacial score (nSPS) is 24.5. The van der Waals surface area contributed by atoms with Gasteiger partial charge in [0.1, 0.15) is 0 Å². The molecule has 0 aromatic carbocycles. The summed E-state index contributed by atoms with van der Waals surface area (Å²) in [4.78, 5) is 16.7. The van der Waals surface area contributed by atoms with Crippen LogP contribution in [0.5, 0.6) is 0 Å². The first-order valence-electron chi connectivity index (χ1n) is 9.31. The molecule has 1 N–H and O–H groups in total. The number of carbonyl (C=O) groups is 1. The van der Waals surface area contributed by atoms with Gasteiger partial charge in [-0.05, 0) is 58.3 Å². The average Bonchev–Trinajstić information content (AvgIpc) is 2.94. The highest BCUT2D eigenvalue weighted by atomic mass is 32.2. The fraction of sp³-hybridized carbons (Fsp3) is 0.941. The molecule has 25 heavy (non-hydrogen) atoms. The zero-order valence-corrected chi connectivity index (χ0v) is 16.4. The van der Waals surface area contributed by atoms with Crippen molar-refractivity contribution in [3.05, 3.63) is 0 Å². The first-order chi connectivity index (χ1) is 11.9. The molecule has 2 aliphatic rings. The van der Waals surface area contributed by atoms with E-state index in [-0.39, 0.29) is 23.5 Å². The van der Waals surface area contributed by atoms with Gasteiger partial charge in [0.25, 0.3) is 0 Å². The molecule has 2 rings (SSSR count). The number of nitrogens with zero attached hydrogens (tertiary/aromatic N) is 2. The van der Waals surface area contributed by atoms with Crippen LogP contribution in [-0.2, 0) is 19.4 Å². The number of amides is 1. The van der Waals surface area contributed by atoms with Crippen LogP contribution in [0.4, 0.5) is 0 Å². The Morgan fingerprint density at radius 2 is 2.00 bits per heavy atom. The molecule has 0 spiro atoms. The summed E-state index contributed by atoms with van der Waals surface area (Å²) >= 11 is 0. The highest BCUT2D eigenvalue weighted by molar-refractivity contribution is 7.91. The molecule has 2 saturated heterocycles. The summed E-state index contributed by atoms with van der Waals surface area (Å²) < 4.78 is 28.7. The van der Waals surface area contributed by atoms with Crippen molar-refractivity contribution in [3.63, 3.8) is 0 Å². The Morgan fingerprint density at radius 3 is 2.56 bits per heavy atom. The molecule has 1 atom stereocenters. The fourth-order valence-corrected chi connectivity index (χ4v) is 5.52. The average molecular weight is 376 g/mol. The predicted octanol–water partition coefficient (Wildman–Crippen LogP) is -0.0300. The molecule has 0 radical (unpaired) electrons. The lowest BCUT2D eigenvalue weighted by molar-refractivity contribution is -0.135. The Balaban J connectivity index is 1.85. The van der Waals surface area contributed by atoms with Gasteiger partial charge in [0.2, 0.25) is 5.91 Å². The second kappa shape index (κ2) is 9.85. The molecule has 8 heteroatoms. The van der Waals surface area contributed by atoms with Crippen LogP contribution in [0.25, 0.3) is 0 Å². The van der Waals surface area contributed by atoms with Crippen LogP contribution in [0.15, 0.2) is 0 Å². The number of methoxy groups -OCH3 is 1. The minimum atomic E-state index is -3.00. The molecule has 146 valence electrons. The van der Waals surface area contributed by atoms with Crippen LogP contribution >= 0.6 is 0 Å². The van der Waals surface area contributed by atoms with Crippen molar-refractivity contribution in [2.24, 2.45) is 5.92 Å². The number of carbonyl (C=O) groups excluding carboxylic acids is 1. The van der Waals surface area contributed by atoms with Crippen molar-refractivity contribution in [2.45, 2.75) is 31.7 Å². The van der Waals surface area contributed by atoms with Gasteiger partial charge < -0.3 is 15.0 Å². The van der Waals surface area contributed by atoms with Crippen molar-refractivity contribution in [1.29, 1.82) is 0 Å². The van der Waals surface area contributed by atoms with Gasteiger partial charge in [0.15, 0.2) is 9.84 Å². The first kappa shape index (κ1) is 20.6. The molecule has 1 unspecified atom stereocenters. The number of hydrogen-bond acceptors (Lipinski definition) is 6. The van der Waals surface area contributed by atoms with E-state index in [1.54, 1.807) is 12.0 Å². The SMILES string of the molecule is CNCCC1CCN(CC(=O)N(CCOC)C2CCS(=O)(=O)C2)CC1. The smallest absolute Gasteiger partial charge is 0.237 e. The monoisotopic (exact) mass is 375 g/mol. The van der Waals surface area contributed by atoms with Crippen LogP contribution in [0.1, 0.15) is 25.7 Å². The lowest BCUT2D eigenvalue weighted by Crippen LogP contribution is -2.49. The van der Waals surface area contributed by atoms with E-state index in [0.29, 0.717) is 26.1 Å². The number of nitrogens with one attached hydrogen (secondary N) is 1. The Morgan fingerprint density at radius 1 is 1.28 bits per heavy atom. The molecule has 0 bridgehead atoms. The minimum Gasteiger partial charge on any atom is -0.383 e. The summed E-state index contributed by atoms with van der Waals surface area (Å²) in [6.07, 6.45) is 4.00. The maximum absolute atomic E-state index is 12.8. The van der Waals surface area contributed by atoms with Crippen molar-refractivity contribution < 1.29 is 17.9 Å². The molecule has 2 aliphatic heterocycles. The van der Waals surface area contributed by atoms with E-state index in [9.17, 15) is 13.2 Å². The summed E-state index contributed by atoms with van der Waals surface area (Å²) in [5, 5.41) is 3.20. The molecule has 0 aromatic rings. The summed E-state index contributed by atoms with van der Waals surface area (Å²) in [5.41, 5.74) is 0. The summed E-state index contributed by atoms with van der Waals surface area (Å²) in [6.45, 7) is 4.23. The highest BCUT2D eigenvalue weighted by Crippen LogP contribution is 2.21. The molecular formula is C17H33N3O4S. The van der Waals surface area contributed by atoms with Crippen LogP contribution in [0, 0.1) is 5.92 Å². The molecular weight excluding hydrogens is 342 g/mol. The largest absolute Gasteiger partial charge is 0.383 e. The molecule has 0 saturated carbocycles. The van der Waals surface area contributed by atoms with Gasteiger partial charge >= 0.3 is 0 Å². The molecule has 2 heterocycles. The second-order valence-electron chi connectivity index (χ2n) is 7.25. The molecule has 1 amide bonds. The fourth-order valence-electron chi connectivity index (χ4n) is 3.79. The van der Waals surface area contributed by atoms with E-state index in [0.717, 1.165) is 38.4 Å². The number of hydrogen-bond donors (Lipinski definition) is 1. The number of likely N-dealkylation sites (tertiary alicyclic amines) is 1. The number of piperidine rings is 1. The first-order valence-corrected chi connectivity index (χ1v) is 11.1. The topological polar surface area (TPSA) is 79.0 Å². The molecule has 0 aromatic heterocycles. The standard InChI is InChI=1S/C17H33N3O4S/c1-18-7-3-15-4-8-19(9-5-15)13-17(21)20(10-11-24-2)16-6-12-25(22,23)14-16/h15-16,18H,3-14H2,1-2H3. The van der Waals surface area contributed by atoms with Gasteiger partial charge in [0.05, 0.1) is 24.7 Å². The Bertz CT molecular complexity index is 518. The van der Waals surface area contributed by atoms with Crippen LogP contribution in [0.3, 0.4) is 0 Å². The van der Waals surface area contributed by atoms with E-state index in [1.807, 2.05) is 7.05 Å². The Hall–Kier alpha value is -0.700. The van der Waals surface area contributed by atoms with Gasteiger partial charge in [-0.15, -0.1) is 0 Å². The third-order valence-corrected chi connectivity index (χ3v) is 7.12. The number of sulfone groups is 1. The van der Waals surface area contributed by atoms with Gasteiger partial charge in [-0.25, -0.2) is 8.42 Å². The van der Waals surface area contributed by atoms with E-state index >= 15 is 0 Å². The molecule has 2 fully saturated rings. The van der Waals surface area contributed by atoms with E-state index in [1.165, 1.54) is 6.42 Å². The zero-order chi connectivity index (χ0) is 18.3. The van der Waals surface area contributed by atoms with Gasteiger partial charge in [-0.2, -0.15) is 0 Å². The quantitative estimate of drug-likeness (QED) is 0.610. The van der Waals surface area contributed by atoms with Crippen molar-refractivity contribution in [2.75, 3.05) is 65.0 Å². The van der Waals surface area contributed by atoms with Gasteiger partial charge in [0, 0.05) is 19.7 Å². The van der Waals surface area contributed by atoms with Crippen LogP contribution in [-0.4, -0.2) is 95.2 Å². The predicted molar refractivity (Wildman–Crippen MR) is 98.4 cm³/mol. The second-order valence-corrected chi connectivity index (χ2v) is 9.48.